The van der Waals surface area contributed by atoms with Crippen molar-refractivity contribution in [3.8, 4) is 5.75 Å². The average Bonchev–Trinajstić information content (AvgIpc) is 2.71. The van der Waals surface area contributed by atoms with Crippen molar-refractivity contribution in [3.05, 3.63) is 69.2 Å². The summed E-state index contributed by atoms with van der Waals surface area (Å²) in [6.07, 6.45) is 0.731. The topological polar surface area (TPSA) is 92.4 Å². The molecule has 156 valence electrons. The number of carbonyl (C=O) groups is 2. The van der Waals surface area contributed by atoms with E-state index in [9.17, 15) is 14.4 Å². The highest BCUT2D eigenvalue weighted by molar-refractivity contribution is 6.31. The van der Waals surface area contributed by atoms with E-state index in [4.69, 9.17) is 16.3 Å². The number of carbonyl (C=O) groups excluding carboxylic acids is 2. The molecule has 0 aliphatic rings. The Morgan fingerprint density at radius 2 is 2.00 bits per heavy atom. The first kappa shape index (κ1) is 21.5. The third-order valence-electron chi connectivity index (χ3n) is 4.51. The van der Waals surface area contributed by atoms with Gasteiger partial charge in [-0.15, -0.1) is 0 Å². The predicted molar refractivity (Wildman–Crippen MR) is 115 cm³/mol. The van der Waals surface area contributed by atoms with Gasteiger partial charge in [0.15, 0.2) is 12.4 Å². The number of Topliss-reactive ketones (excluding diaryl/α,β-unsaturated/α-hetero) is 1. The SMILES string of the molecule is CCCN(Cc1nc2cc(Cl)ccc2c(=O)[nH]1)C(=O)COc1cccc(C(C)=O)c1. The van der Waals surface area contributed by atoms with Gasteiger partial charge in [-0.2, -0.15) is 0 Å². The van der Waals surface area contributed by atoms with Crippen molar-refractivity contribution in [1.29, 1.82) is 0 Å². The Kier molecular flexibility index (Phi) is 6.84. The summed E-state index contributed by atoms with van der Waals surface area (Å²) in [6.45, 7) is 3.85. The maximum absolute atomic E-state index is 12.7. The zero-order valence-electron chi connectivity index (χ0n) is 16.8. The third kappa shape index (κ3) is 5.24. The Morgan fingerprint density at radius 3 is 2.73 bits per heavy atom. The van der Waals surface area contributed by atoms with Gasteiger partial charge in [0.05, 0.1) is 17.4 Å². The molecule has 0 bridgehead atoms. The largest absolute Gasteiger partial charge is 0.484 e. The van der Waals surface area contributed by atoms with Crippen LogP contribution in [-0.2, 0) is 11.3 Å². The molecule has 3 aromatic rings. The average molecular weight is 428 g/mol. The number of halogens is 1. The number of nitrogens with zero attached hydrogens (tertiary/aromatic N) is 2. The second-order valence-electron chi connectivity index (χ2n) is 6.86. The van der Waals surface area contributed by atoms with E-state index in [0.717, 1.165) is 6.42 Å². The fourth-order valence-electron chi connectivity index (χ4n) is 3.02. The molecule has 0 saturated heterocycles. The van der Waals surface area contributed by atoms with Gasteiger partial charge in [-0.3, -0.25) is 14.4 Å². The predicted octanol–water partition coefficient (Wildman–Crippen LogP) is 3.60. The molecular formula is C22H22ClN3O4. The number of H-pyrrole nitrogens is 1. The minimum absolute atomic E-state index is 0.0779. The minimum Gasteiger partial charge on any atom is -0.484 e. The Hall–Kier alpha value is -3.19. The Morgan fingerprint density at radius 1 is 1.20 bits per heavy atom. The molecule has 0 spiro atoms. The molecule has 2 aromatic carbocycles. The van der Waals surface area contributed by atoms with E-state index >= 15 is 0 Å². The number of rotatable bonds is 8. The van der Waals surface area contributed by atoms with Crippen molar-refractivity contribution in [1.82, 2.24) is 14.9 Å². The van der Waals surface area contributed by atoms with Gasteiger partial charge < -0.3 is 14.6 Å². The van der Waals surface area contributed by atoms with E-state index in [1.807, 2.05) is 6.92 Å². The van der Waals surface area contributed by atoms with Gasteiger partial charge >= 0.3 is 0 Å². The van der Waals surface area contributed by atoms with E-state index < -0.39 is 0 Å². The molecule has 3 rings (SSSR count). The van der Waals surface area contributed by atoms with Crippen LogP contribution >= 0.6 is 11.6 Å². The number of fused-ring (bicyclic) bond motifs is 1. The highest BCUT2D eigenvalue weighted by Gasteiger charge is 2.16. The number of ketones is 1. The molecular weight excluding hydrogens is 406 g/mol. The summed E-state index contributed by atoms with van der Waals surface area (Å²) >= 11 is 6.00. The number of aromatic amines is 1. The van der Waals surface area contributed by atoms with Crippen molar-refractivity contribution in [3.63, 3.8) is 0 Å². The van der Waals surface area contributed by atoms with E-state index in [2.05, 4.69) is 9.97 Å². The molecule has 7 nitrogen and oxygen atoms in total. The van der Waals surface area contributed by atoms with Crippen LogP contribution in [-0.4, -0.2) is 39.7 Å². The van der Waals surface area contributed by atoms with Crippen LogP contribution in [0.5, 0.6) is 5.75 Å². The summed E-state index contributed by atoms with van der Waals surface area (Å²) in [6, 6.07) is 11.6. The molecule has 1 N–H and O–H groups in total. The normalized spacial score (nSPS) is 10.8. The Labute approximate surface area is 178 Å². The molecule has 8 heteroatoms. The highest BCUT2D eigenvalue weighted by atomic mass is 35.5. The summed E-state index contributed by atoms with van der Waals surface area (Å²) in [5.74, 6) is 0.485. The second kappa shape index (κ2) is 9.54. The molecule has 0 radical (unpaired) electrons. The molecule has 1 amide bonds. The Balaban J connectivity index is 1.74. The van der Waals surface area contributed by atoms with Crippen LogP contribution in [0.4, 0.5) is 0 Å². The molecule has 1 heterocycles. The monoisotopic (exact) mass is 427 g/mol. The van der Waals surface area contributed by atoms with Crippen LogP contribution in [0.1, 0.15) is 36.5 Å². The first-order chi connectivity index (χ1) is 14.4. The van der Waals surface area contributed by atoms with Crippen LogP contribution in [0.2, 0.25) is 5.02 Å². The van der Waals surface area contributed by atoms with E-state index in [-0.39, 0.29) is 30.4 Å². The zero-order valence-corrected chi connectivity index (χ0v) is 17.5. The first-order valence-electron chi connectivity index (χ1n) is 9.57. The van der Waals surface area contributed by atoms with Crippen molar-refractivity contribution in [2.75, 3.05) is 13.2 Å². The molecule has 30 heavy (non-hydrogen) atoms. The van der Waals surface area contributed by atoms with Crippen molar-refractivity contribution < 1.29 is 14.3 Å². The van der Waals surface area contributed by atoms with Gasteiger partial charge in [0.1, 0.15) is 11.6 Å². The van der Waals surface area contributed by atoms with E-state index in [1.54, 1.807) is 47.4 Å². The summed E-state index contributed by atoms with van der Waals surface area (Å²) in [5, 5.41) is 0.916. The second-order valence-corrected chi connectivity index (χ2v) is 7.30. The van der Waals surface area contributed by atoms with Gasteiger partial charge in [-0.05, 0) is 43.7 Å². The highest BCUT2D eigenvalue weighted by Crippen LogP contribution is 2.16. The summed E-state index contributed by atoms with van der Waals surface area (Å²) in [4.78, 5) is 45.3. The van der Waals surface area contributed by atoms with E-state index in [0.29, 0.717) is 39.6 Å². The number of amides is 1. The quantitative estimate of drug-likeness (QED) is 0.554. The van der Waals surface area contributed by atoms with Gasteiger partial charge in [-0.25, -0.2) is 4.98 Å². The lowest BCUT2D eigenvalue weighted by atomic mass is 10.1. The lowest BCUT2D eigenvalue weighted by molar-refractivity contribution is -0.134. The van der Waals surface area contributed by atoms with Gasteiger partial charge in [0.2, 0.25) is 0 Å². The molecule has 0 fully saturated rings. The molecule has 0 atom stereocenters. The number of nitrogens with one attached hydrogen (secondary N) is 1. The van der Waals surface area contributed by atoms with Crippen molar-refractivity contribution in [2.24, 2.45) is 0 Å². The minimum atomic E-state index is -0.284. The van der Waals surface area contributed by atoms with Gasteiger partial charge in [0.25, 0.3) is 11.5 Å². The third-order valence-corrected chi connectivity index (χ3v) is 4.74. The maximum atomic E-state index is 12.7. The van der Waals surface area contributed by atoms with Crippen molar-refractivity contribution >= 4 is 34.2 Å². The summed E-state index contributed by atoms with van der Waals surface area (Å²) < 4.78 is 5.58. The number of benzene rings is 2. The molecule has 0 aliphatic carbocycles. The molecule has 0 aliphatic heterocycles. The van der Waals surface area contributed by atoms with Crippen LogP contribution in [0.25, 0.3) is 10.9 Å². The fraction of sp³-hybridized carbons (Fsp3) is 0.273. The van der Waals surface area contributed by atoms with Crippen LogP contribution in [0, 0.1) is 0 Å². The fourth-order valence-corrected chi connectivity index (χ4v) is 3.19. The molecule has 1 aromatic heterocycles. The lowest BCUT2D eigenvalue weighted by Gasteiger charge is -2.22. The van der Waals surface area contributed by atoms with Gasteiger partial charge in [0, 0.05) is 17.1 Å². The number of hydrogen-bond donors (Lipinski definition) is 1. The zero-order chi connectivity index (χ0) is 21.7. The van der Waals surface area contributed by atoms with Gasteiger partial charge in [-0.1, -0.05) is 30.7 Å². The molecule has 0 unspecified atom stereocenters. The first-order valence-corrected chi connectivity index (χ1v) is 9.95. The smallest absolute Gasteiger partial charge is 0.260 e. The molecule has 0 saturated carbocycles. The van der Waals surface area contributed by atoms with Crippen LogP contribution < -0.4 is 10.3 Å². The maximum Gasteiger partial charge on any atom is 0.260 e. The van der Waals surface area contributed by atoms with E-state index in [1.165, 1.54) is 6.92 Å². The Bertz CT molecular complexity index is 1140. The number of aromatic nitrogens is 2. The van der Waals surface area contributed by atoms with Crippen LogP contribution in [0.3, 0.4) is 0 Å². The number of ether oxygens (including phenoxy) is 1. The summed E-state index contributed by atoms with van der Waals surface area (Å²) in [5.41, 5.74) is 0.706. The number of hydrogen-bond acceptors (Lipinski definition) is 5. The summed E-state index contributed by atoms with van der Waals surface area (Å²) in [7, 11) is 0. The van der Waals surface area contributed by atoms with Crippen LogP contribution in [0.15, 0.2) is 47.3 Å². The standard InChI is InChI=1S/C22H22ClN3O4/c1-3-9-26(21(28)13-30-17-6-4-5-15(10-17)14(2)27)12-20-24-19-11-16(23)7-8-18(19)22(29)25-20/h4-8,10-11H,3,9,12-13H2,1-2H3,(H,24,25,29). The lowest BCUT2D eigenvalue weighted by Crippen LogP contribution is -2.36. The van der Waals surface area contributed by atoms with Crippen molar-refractivity contribution in [2.45, 2.75) is 26.8 Å².